The van der Waals surface area contributed by atoms with Gasteiger partial charge in [0.2, 0.25) is 0 Å². The molecule has 0 spiro atoms. The first-order valence-electron chi connectivity index (χ1n) is 13.3. The minimum atomic E-state index is -1.07. The van der Waals surface area contributed by atoms with Crippen molar-refractivity contribution >= 4 is 5.91 Å². The molecule has 1 heterocycles. The summed E-state index contributed by atoms with van der Waals surface area (Å²) >= 11 is 0. The van der Waals surface area contributed by atoms with Gasteiger partial charge in [0.05, 0.1) is 6.07 Å². The van der Waals surface area contributed by atoms with E-state index in [1.165, 1.54) is 57.1 Å². The summed E-state index contributed by atoms with van der Waals surface area (Å²) in [5.41, 5.74) is 0.213. The molecule has 4 saturated carbocycles. The van der Waals surface area contributed by atoms with Gasteiger partial charge in [-0.25, -0.2) is 0 Å². The molecule has 0 aromatic carbocycles. The fourth-order valence-corrected chi connectivity index (χ4v) is 7.75. The fourth-order valence-electron chi connectivity index (χ4n) is 7.75. The van der Waals surface area contributed by atoms with Crippen LogP contribution in [0.1, 0.15) is 77.0 Å². The Morgan fingerprint density at radius 2 is 1.47 bits per heavy atom. The maximum atomic E-state index is 12.6. The average Bonchev–Trinajstić information content (AvgIpc) is 3.24. The van der Waals surface area contributed by atoms with Gasteiger partial charge >= 0.3 is 0 Å². The number of piperazine rings is 1. The molecule has 5 aliphatic rings. The van der Waals surface area contributed by atoms with Gasteiger partial charge < -0.3 is 14.9 Å². The molecule has 1 aliphatic heterocycles. The van der Waals surface area contributed by atoms with Gasteiger partial charge in [0, 0.05) is 37.8 Å². The fraction of sp³-hybridized carbons (Fsp3) is 0.852. The smallest absolute Gasteiger partial charge is 0.254 e. The highest BCUT2D eigenvalue weighted by Crippen LogP contribution is 2.51. The lowest BCUT2D eigenvalue weighted by Gasteiger charge is -2.45. The molecule has 4 unspecified atom stereocenters. The maximum absolute atomic E-state index is 12.6. The van der Waals surface area contributed by atoms with Crippen molar-refractivity contribution in [3.05, 3.63) is 12.3 Å². The molecule has 0 aromatic rings. The van der Waals surface area contributed by atoms with Crippen molar-refractivity contribution in [1.29, 1.82) is 5.26 Å². The lowest BCUT2D eigenvalue weighted by Crippen LogP contribution is -2.58. The molecule has 0 aromatic heterocycles. The van der Waals surface area contributed by atoms with E-state index in [9.17, 15) is 15.2 Å². The van der Waals surface area contributed by atoms with Crippen LogP contribution in [0.4, 0.5) is 0 Å². The van der Waals surface area contributed by atoms with Crippen molar-refractivity contribution in [3.63, 3.8) is 0 Å². The zero-order valence-corrected chi connectivity index (χ0v) is 19.7. The molecule has 32 heavy (non-hydrogen) atoms. The molecule has 5 nitrogen and oxygen atoms in total. The monoisotopic (exact) mass is 439 g/mol. The van der Waals surface area contributed by atoms with E-state index in [1.54, 1.807) is 0 Å². The third-order valence-electron chi connectivity index (χ3n) is 10.1. The Morgan fingerprint density at radius 3 is 2.09 bits per heavy atom. The lowest BCUT2D eigenvalue weighted by atomic mass is 9.65. The van der Waals surface area contributed by atoms with Gasteiger partial charge in [0.1, 0.15) is 5.60 Å². The van der Waals surface area contributed by atoms with Crippen molar-refractivity contribution in [3.8, 4) is 6.07 Å². The minimum absolute atomic E-state index is 0.0508. The van der Waals surface area contributed by atoms with E-state index in [0.29, 0.717) is 43.7 Å². The van der Waals surface area contributed by atoms with Crippen molar-refractivity contribution in [2.45, 2.75) is 82.7 Å². The number of hydrogen-bond acceptors (Lipinski definition) is 4. The molecule has 0 bridgehead atoms. The number of carbonyl (C=O) groups is 1. The molecule has 5 heteroatoms. The van der Waals surface area contributed by atoms with Crippen LogP contribution >= 0.6 is 0 Å². The molecule has 1 saturated heterocycles. The quantitative estimate of drug-likeness (QED) is 0.708. The van der Waals surface area contributed by atoms with Gasteiger partial charge in [0.15, 0.2) is 0 Å². The summed E-state index contributed by atoms with van der Waals surface area (Å²) in [6.07, 6.45) is 13.8. The third kappa shape index (κ3) is 4.09. The lowest BCUT2D eigenvalue weighted by molar-refractivity contribution is -0.161. The zero-order chi connectivity index (χ0) is 22.3. The third-order valence-corrected chi connectivity index (χ3v) is 10.1. The number of rotatable bonds is 4. The Labute approximate surface area is 193 Å². The van der Waals surface area contributed by atoms with Crippen LogP contribution in [0.5, 0.6) is 0 Å². The molecule has 176 valence electrons. The van der Waals surface area contributed by atoms with Gasteiger partial charge in [-0.2, -0.15) is 5.26 Å². The first kappa shape index (κ1) is 22.3. The normalized spacial score (nSPS) is 39.0. The van der Waals surface area contributed by atoms with E-state index < -0.39 is 5.60 Å². The second-order valence-electron chi connectivity index (χ2n) is 11.6. The van der Waals surface area contributed by atoms with E-state index in [2.05, 4.69) is 17.5 Å². The summed E-state index contributed by atoms with van der Waals surface area (Å²) in [6.45, 7) is 7.60. The molecule has 4 atom stereocenters. The topological polar surface area (TPSA) is 67.6 Å². The average molecular weight is 440 g/mol. The number of hydrogen-bond donors (Lipinski definition) is 1. The largest absolute Gasteiger partial charge is 0.380 e. The highest BCUT2D eigenvalue weighted by molar-refractivity contribution is 5.86. The van der Waals surface area contributed by atoms with Crippen LogP contribution in [0, 0.1) is 46.8 Å². The SMILES string of the molecule is C=C(C1CCC(C2CCC3CCC(C#N)C3C2)CC1)N1CCN(C(=O)C2(O)CCC2)CC1. The predicted octanol–water partition coefficient (Wildman–Crippen LogP) is 4.33. The standard InChI is InChI=1S/C27H41N3O2/c1-19(29-13-15-30(16-14-29)26(31)27(32)11-2-12-27)20-3-5-21(6-4-20)23-9-7-22-8-10-24(18-28)25(22)17-23/h20-25,32H,1-17H2. The first-order valence-corrected chi connectivity index (χ1v) is 13.3. The van der Waals surface area contributed by atoms with Crippen molar-refractivity contribution < 1.29 is 9.90 Å². The van der Waals surface area contributed by atoms with Crippen LogP contribution in [-0.2, 0) is 4.79 Å². The second kappa shape index (κ2) is 9.01. The van der Waals surface area contributed by atoms with Crippen LogP contribution in [0.15, 0.2) is 12.3 Å². The Morgan fingerprint density at radius 1 is 0.875 bits per heavy atom. The van der Waals surface area contributed by atoms with Crippen molar-refractivity contribution in [1.82, 2.24) is 9.80 Å². The zero-order valence-electron chi connectivity index (χ0n) is 19.7. The molecule has 5 fully saturated rings. The number of aliphatic hydroxyl groups is 1. The number of allylic oxidation sites excluding steroid dienone is 1. The number of fused-ring (bicyclic) bond motifs is 1. The second-order valence-corrected chi connectivity index (χ2v) is 11.6. The maximum Gasteiger partial charge on any atom is 0.254 e. The van der Waals surface area contributed by atoms with Crippen molar-refractivity contribution in [2.75, 3.05) is 26.2 Å². The number of amides is 1. The Kier molecular flexibility index (Phi) is 6.27. The molecule has 0 radical (unpaired) electrons. The van der Waals surface area contributed by atoms with Crippen molar-refractivity contribution in [2.24, 2.45) is 35.5 Å². The van der Waals surface area contributed by atoms with Crippen LogP contribution in [0.3, 0.4) is 0 Å². The predicted molar refractivity (Wildman–Crippen MR) is 124 cm³/mol. The van der Waals surface area contributed by atoms with E-state index in [0.717, 1.165) is 43.7 Å². The Bertz CT molecular complexity index is 753. The van der Waals surface area contributed by atoms with Gasteiger partial charge in [-0.1, -0.05) is 6.58 Å². The Balaban J connectivity index is 1.08. The number of carbonyl (C=O) groups excluding carboxylic acids is 1. The van der Waals surface area contributed by atoms with Gasteiger partial charge in [-0.05, 0) is 107 Å². The molecule has 4 aliphatic carbocycles. The first-order chi connectivity index (χ1) is 15.5. The van der Waals surface area contributed by atoms with Crippen LogP contribution in [0.25, 0.3) is 0 Å². The summed E-state index contributed by atoms with van der Waals surface area (Å²) in [5, 5.41) is 19.9. The molecule has 1 amide bonds. The summed E-state index contributed by atoms with van der Waals surface area (Å²) in [5.74, 6) is 4.06. The Hall–Kier alpha value is -1.54. The van der Waals surface area contributed by atoms with E-state index in [-0.39, 0.29) is 5.91 Å². The van der Waals surface area contributed by atoms with Crippen LogP contribution < -0.4 is 0 Å². The van der Waals surface area contributed by atoms with E-state index >= 15 is 0 Å². The summed E-state index contributed by atoms with van der Waals surface area (Å²) in [4.78, 5) is 16.9. The molecular weight excluding hydrogens is 398 g/mol. The number of nitrogens with zero attached hydrogens (tertiary/aromatic N) is 3. The van der Waals surface area contributed by atoms with Gasteiger partial charge in [0.25, 0.3) is 5.91 Å². The molecular formula is C27H41N3O2. The summed E-state index contributed by atoms with van der Waals surface area (Å²) < 4.78 is 0. The number of nitriles is 1. The molecule has 1 N–H and O–H groups in total. The molecule has 5 rings (SSSR count). The van der Waals surface area contributed by atoms with E-state index in [1.807, 2.05) is 4.90 Å². The van der Waals surface area contributed by atoms with Gasteiger partial charge in [-0.15, -0.1) is 0 Å². The summed E-state index contributed by atoms with van der Waals surface area (Å²) in [7, 11) is 0. The van der Waals surface area contributed by atoms with Crippen LogP contribution in [-0.4, -0.2) is 52.6 Å². The highest BCUT2D eigenvalue weighted by Gasteiger charge is 2.45. The van der Waals surface area contributed by atoms with Crippen LogP contribution in [0.2, 0.25) is 0 Å². The summed E-state index contributed by atoms with van der Waals surface area (Å²) in [6, 6.07) is 2.61. The van der Waals surface area contributed by atoms with Gasteiger partial charge in [-0.3, -0.25) is 4.79 Å². The van der Waals surface area contributed by atoms with E-state index in [4.69, 9.17) is 0 Å². The minimum Gasteiger partial charge on any atom is -0.380 e. The highest BCUT2D eigenvalue weighted by atomic mass is 16.3.